The summed E-state index contributed by atoms with van der Waals surface area (Å²) in [5.41, 5.74) is 7.72. The largest absolute Gasteiger partial charge is 0.497 e. The van der Waals surface area contributed by atoms with Gasteiger partial charge in [-0.05, 0) is 33.2 Å². The minimum Gasteiger partial charge on any atom is -0.497 e. The topological polar surface area (TPSA) is 82.2 Å². The van der Waals surface area contributed by atoms with E-state index < -0.39 is 0 Å². The lowest BCUT2D eigenvalue weighted by molar-refractivity contribution is -0.116. The molecule has 1 aromatic carbocycles. The Labute approximate surface area is 137 Å². The number of rotatable bonds is 6. The zero-order valence-electron chi connectivity index (χ0n) is 12.8. The molecule has 0 saturated heterocycles. The van der Waals surface area contributed by atoms with Gasteiger partial charge in [0.1, 0.15) is 5.75 Å². The molecule has 2 rings (SSSR count). The molecule has 0 bridgehead atoms. The monoisotopic (exact) mass is 330 g/mol. The molecule has 2 aromatic rings. The average molecular weight is 330 g/mol. The van der Waals surface area contributed by atoms with Crippen LogP contribution in [0.1, 0.15) is 11.3 Å². The maximum Gasteiger partial charge on any atom is 0.250 e. The third-order valence-electron chi connectivity index (χ3n) is 3.15. The summed E-state index contributed by atoms with van der Waals surface area (Å²) in [4.78, 5) is 16.1. The number of imidazole rings is 1. The Morgan fingerprint density at radius 3 is 2.74 bits per heavy atom. The fourth-order valence-electron chi connectivity index (χ4n) is 1.88. The van der Waals surface area contributed by atoms with Crippen LogP contribution < -0.4 is 15.8 Å². The lowest BCUT2D eigenvalue weighted by Crippen LogP contribution is -2.19. The average Bonchev–Trinajstić information content (AvgIpc) is 2.86. The van der Waals surface area contributed by atoms with E-state index in [4.69, 9.17) is 10.5 Å². The van der Waals surface area contributed by atoms with Crippen LogP contribution in [0.5, 0.6) is 5.75 Å². The van der Waals surface area contributed by atoms with E-state index in [1.54, 1.807) is 23.7 Å². The van der Waals surface area contributed by atoms with Gasteiger partial charge in [-0.15, -0.1) is 0 Å². The van der Waals surface area contributed by atoms with Crippen molar-refractivity contribution in [3.63, 3.8) is 0 Å². The molecule has 0 aliphatic carbocycles. The van der Waals surface area contributed by atoms with Gasteiger partial charge in [-0.1, -0.05) is 18.7 Å². The van der Waals surface area contributed by atoms with Gasteiger partial charge in [0.05, 0.1) is 12.8 Å². The highest BCUT2D eigenvalue weighted by molar-refractivity contribution is 7.14. The molecule has 7 heteroatoms. The van der Waals surface area contributed by atoms with Crippen LogP contribution in [0.2, 0.25) is 0 Å². The molecule has 6 nitrogen and oxygen atoms in total. The van der Waals surface area contributed by atoms with Crippen molar-refractivity contribution in [3.8, 4) is 5.75 Å². The maximum atomic E-state index is 12.0. The highest BCUT2D eigenvalue weighted by atomic mass is 31.0. The van der Waals surface area contributed by atoms with Crippen LogP contribution in [0.4, 0.5) is 5.95 Å². The predicted octanol–water partition coefficient (Wildman–Crippen LogP) is 2.00. The smallest absolute Gasteiger partial charge is 0.250 e. The highest BCUT2D eigenvalue weighted by Crippen LogP contribution is 2.14. The van der Waals surface area contributed by atoms with Gasteiger partial charge in [-0.2, -0.15) is 0 Å². The van der Waals surface area contributed by atoms with Gasteiger partial charge in [0, 0.05) is 24.4 Å². The van der Waals surface area contributed by atoms with Crippen molar-refractivity contribution in [1.29, 1.82) is 0 Å². The second-order valence-corrected chi connectivity index (χ2v) is 5.42. The second-order valence-electron chi connectivity index (χ2n) is 4.87. The quantitative estimate of drug-likeness (QED) is 0.627. The number of hydrogen-bond acceptors (Lipinski definition) is 4. The summed E-state index contributed by atoms with van der Waals surface area (Å²) in [6.45, 7) is 3.82. The van der Waals surface area contributed by atoms with Crippen LogP contribution in [-0.2, 0) is 11.2 Å². The molecule has 1 unspecified atom stereocenters. The van der Waals surface area contributed by atoms with Crippen LogP contribution in [0.15, 0.2) is 48.8 Å². The van der Waals surface area contributed by atoms with E-state index in [9.17, 15) is 4.79 Å². The van der Waals surface area contributed by atoms with E-state index in [0.717, 1.165) is 11.3 Å². The normalized spacial score (nSPS) is 10.7. The first-order chi connectivity index (χ1) is 11.0. The van der Waals surface area contributed by atoms with Crippen LogP contribution in [0, 0.1) is 0 Å². The first kappa shape index (κ1) is 16.8. The molecule has 0 fully saturated rings. The Hall–Kier alpha value is -2.59. The van der Waals surface area contributed by atoms with E-state index in [0.29, 0.717) is 23.6 Å². The SMILES string of the molecule is C=C(Cc1ccc(OC)cc1)C(=O)N/C=C\c1cn(P)c(N)n1. The number of aromatic nitrogens is 2. The summed E-state index contributed by atoms with van der Waals surface area (Å²) in [5, 5.41) is 2.66. The Kier molecular flexibility index (Phi) is 5.55. The molecular weight excluding hydrogens is 311 g/mol. The van der Waals surface area contributed by atoms with Crippen molar-refractivity contribution in [3.05, 3.63) is 60.1 Å². The second kappa shape index (κ2) is 7.61. The summed E-state index contributed by atoms with van der Waals surface area (Å²) in [6, 6.07) is 7.51. The van der Waals surface area contributed by atoms with Crippen molar-refractivity contribution in [2.45, 2.75) is 6.42 Å². The number of nitrogens with two attached hydrogens (primary N) is 1. The van der Waals surface area contributed by atoms with Gasteiger partial charge in [-0.25, -0.2) is 4.98 Å². The van der Waals surface area contributed by atoms with Crippen LogP contribution in [0.25, 0.3) is 6.08 Å². The van der Waals surface area contributed by atoms with E-state index in [1.807, 2.05) is 24.3 Å². The number of nitrogens with zero attached hydrogens (tertiary/aromatic N) is 2. The van der Waals surface area contributed by atoms with E-state index >= 15 is 0 Å². The van der Waals surface area contributed by atoms with Gasteiger partial charge in [-0.3, -0.25) is 4.79 Å². The molecule has 0 saturated carbocycles. The highest BCUT2D eigenvalue weighted by Gasteiger charge is 2.06. The van der Waals surface area contributed by atoms with Gasteiger partial charge >= 0.3 is 0 Å². The predicted molar refractivity (Wildman–Crippen MR) is 94.8 cm³/mol. The van der Waals surface area contributed by atoms with E-state index in [-0.39, 0.29) is 5.91 Å². The molecular formula is C16H19N4O2P. The fourth-order valence-corrected chi connectivity index (χ4v) is 2.09. The van der Waals surface area contributed by atoms with Crippen molar-refractivity contribution in [2.75, 3.05) is 12.8 Å². The number of methoxy groups -OCH3 is 1. The lowest BCUT2D eigenvalue weighted by Gasteiger charge is -2.06. The Morgan fingerprint density at radius 1 is 1.48 bits per heavy atom. The Morgan fingerprint density at radius 2 is 2.17 bits per heavy atom. The van der Waals surface area contributed by atoms with Crippen LogP contribution >= 0.6 is 9.39 Å². The number of hydrogen-bond donors (Lipinski definition) is 2. The summed E-state index contributed by atoms with van der Waals surface area (Å²) >= 11 is 0. The number of anilines is 1. The Bertz CT molecular complexity index is 716. The summed E-state index contributed by atoms with van der Waals surface area (Å²) in [5.74, 6) is 0.916. The van der Waals surface area contributed by atoms with Crippen molar-refractivity contribution < 1.29 is 9.53 Å². The number of ether oxygens (including phenoxy) is 1. The lowest BCUT2D eigenvalue weighted by atomic mass is 10.1. The number of carbonyl (C=O) groups excluding carboxylic acids is 1. The first-order valence-electron chi connectivity index (χ1n) is 6.87. The molecule has 120 valence electrons. The zero-order valence-corrected chi connectivity index (χ0v) is 14.0. The van der Waals surface area contributed by atoms with Crippen molar-refractivity contribution >= 4 is 27.3 Å². The molecule has 1 aromatic heterocycles. The molecule has 0 spiro atoms. The van der Waals surface area contributed by atoms with Gasteiger partial charge in [0.2, 0.25) is 5.95 Å². The van der Waals surface area contributed by atoms with Crippen molar-refractivity contribution in [2.24, 2.45) is 0 Å². The van der Waals surface area contributed by atoms with Gasteiger partial charge in [0.25, 0.3) is 5.91 Å². The summed E-state index contributed by atoms with van der Waals surface area (Å²) in [7, 11) is 4.03. The summed E-state index contributed by atoms with van der Waals surface area (Å²) < 4.78 is 6.71. The number of amides is 1. The first-order valence-corrected chi connectivity index (χ1v) is 7.39. The van der Waals surface area contributed by atoms with E-state index in [2.05, 4.69) is 26.3 Å². The van der Waals surface area contributed by atoms with Crippen LogP contribution in [0.3, 0.4) is 0 Å². The molecule has 0 aliphatic rings. The van der Waals surface area contributed by atoms with Gasteiger partial charge < -0.3 is 20.1 Å². The Balaban J connectivity index is 1.88. The minimum atomic E-state index is -0.240. The molecule has 1 heterocycles. The maximum absolute atomic E-state index is 12.0. The number of carbonyl (C=O) groups is 1. The molecule has 1 atom stereocenters. The van der Waals surface area contributed by atoms with Crippen molar-refractivity contribution in [1.82, 2.24) is 14.6 Å². The summed E-state index contributed by atoms with van der Waals surface area (Å²) in [6.07, 6.45) is 5.38. The van der Waals surface area contributed by atoms with Gasteiger partial charge in [0.15, 0.2) is 0 Å². The molecule has 3 N–H and O–H groups in total. The molecule has 0 aliphatic heterocycles. The minimum absolute atomic E-state index is 0.240. The third-order valence-corrected chi connectivity index (χ3v) is 3.56. The molecule has 23 heavy (non-hydrogen) atoms. The number of nitrogen functional groups attached to an aromatic ring is 1. The van der Waals surface area contributed by atoms with Crippen LogP contribution in [-0.4, -0.2) is 22.3 Å². The fraction of sp³-hybridized carbons (Fsp3) is 0.125. The number of nitrogens with one attached hydrogen (secondary N) is 1. The molecule has 1 amide bonds. The standard InChI is InChI=1S/C16H19N4O2P/c1-11(9-12-3-5-14(22-2)6-4-12)15(21)18-8-7-13-10-20(23)16(17)19-13/h3-8,10H,1,9,23H2,2H3,(H2,17,19)(H,18,21)/b8-7-. The third kappa shape index (κ3) is 4.69. The number of benzene rings is 1. The van der Waals surface area contributed by atoms with E-state index in [1.165, 1.54) is 6.20 Å². The zero-order chi connectivity index (χ0) is 16.8. The molecule has 0 radical (unpaired) electrons.